The minimum absolute atomic E-state index is 0.0650. The first kappa shape index (κ1) is 9.69. The molecule has 64 valence electrons. The molecule has 0 saturated heterocycles. The van der Waals surface area contributed by atoms with Gasteiger partial charge in [0.1, 0.15) is 0 Å². The topological polar surface area (TPSA) is 0 Å². The van der Waals surface area contributed by atoms with E-state index >= 15 is 0 Å². The molecule has 0 aliphatic rings. The van der Waals surface area contributed by atoms with E-state index in [1.54, 1.807) is 17.8 Å². The summed E-state index contributed by atoms with van der Waals surface area (Å²) in [5.41, 5.74) is 0. The van der Waals surface area contributed by atoms with E-state index in [4.69, 9.17) is 11.6 Å². The number of alkyl halides is 1. The third-order valence-electron chi connectivity index (χ3n) is 1.41. The quantitative estimate of drug-likeness (QED) is 0.405. The molecule has 0 heterocycles. The Morgan fingerprint density at radius 2 is 2.08 bits per heavy atom. The highest BCUT2D eigenvalue weighted by atomic mass is 35.5. The van der Waals surface area contributed by atoms with Gasteiger partial charge in [0.15, 0.2) is 0 Å². The lowest BCUT2D eigenvalue weighted by Crippen LogP contribution is -1.95. The van der Waals surface area contributed by atoms with Gasteiger partial charge in [-0.2, -0.15) is 0 Å². The second kappa shape index (κ2) is 5.28. The number of hydrogen-bond acceptors (Lipinski definition) is 1. The Bertz CT molecular complexity index is 233. The predicted octanol–water partition coefficient (Wildman–Crippen LogP) is 3.57. The third-order valence-corrected chi connectivity index (χ3v) is 3.05. The molecule has 0 aliphatic heterocycles. The van der Waals surface area contributed by atoms with Crippen LogP contribution in [0.5, 0.6) is 0 Å². The van der Waals surface area contributed by atoms with Crippen LogP contribution in [0.2, 0.25) is 0 Å². The van der Waals surface area contributed by atoms with Crippen LogP contribution in [0.4, 0.5) is 0 Å². The highest BCUT2D eigenvalue weighted by Crippen LogP contribution is 2.19. The summed E-state index contributed by atoms with van der Waals surface area (Å²) in [4.78, 5) is 1.25. The van der Waals surface area contributed by atoms with Crippen LogP contribution in [0.1, 0.15) is 0 Å². The SMILES string of the molecule is C=CC(Cl)CSc1ccccc1. The summed E-state index contributed by atoms with van der Waals surface area (Å²) in [5.74, 6) is 0.884. The molecular formula is C10H11ClS. The van der Waals surface area contributed by atoms with Crippen molar-refractivity contribution in [3.8, 4) is 0 Å². The van der Waals surface area contributed by atoms with Crippen molar-refractivity contribution < 1.29 is 0 Å². The van der Waals surface area contributed by atoms with E-state index in [0.29, 0.717) is 0 Å². The van der Waals surface area contributed by atoms with Crippen molar-refractivity contribution in [2.24, 2.45) is 0 Å². The second-order valence-corrected chi connectivity index (χ2v) is 4.03. The molecule has 0 fully saturated rings. The van der Waals surface area contributed by atoms with Crippen LogP contribution in [0, 0.1) is 0 Å². The zero-order valence-electron chi connectivity index (χ0n) is 6.74. The van der Waals surface area contributed by atoms with Gasteiger partial charge < -0.3 is 0 Å². The summed E-state index contributed by atoms with van der Waals surface area (Å²) in [6, 6.07) is 10.2. The Morgan fingerprint density at radius 1 is 1.42 bits per heavy atom. The lowest BCUT2D eigenvalue weighted by atomic mass is 10.4. The number of allylic oxidation sites excluding steroid dienone is 1. The first-order chi connectivity index (χ1) is 5.83. The van der Waals surface area contributed by atoms with Crippen molar-refractivity contribution in [2.45, 2.75) is 10.3 Å². The Morgan fingerprint density at radius 3 is 2.67 bits per heavy atom. The van der Waals surface area contributed by atoms with Crippen LogP contribution in [-0.4, -0.2) is 11.1 Å². The molecule has 0 aliphatic carbocycles. The summed E-state index contributed by atoms with van der Waals surface area (Å²) in [5, 5.41) is 0.0650. The van der Waals surface area contributed by atoms with Gasteiger partial charge >= 0.3 is 0 Å². The van der Waals surface area contributed by atoms with Gasteiger partial charge in [-0.25, -0.2) is 0 Å². The number of benzene rings is 1. The van der Waals surface area contributed by atoms with Gasteiger partial charge in [-0.3, -0.25) is 0 Å². The Balaban J connectivity index is 2.38. The molecule has 0 bridgehead atoms. The average molecular weight is 199 g/mol. The summed E-state index contributed by atoms with van der Waals surface area (Å²) in [6.07, 6.45) is 1.76. The fourth-order valence-electron chi connectivity index (χ4n) is 0.761. The Labute approximate surface area is 82.6 Å². The van der Waals surface area contributed by atoms with E-state index in [-0.39, 0.29) is 5.38 Å². The maximum Gasteiger partial charge on any atom is 0.0607 e. The molecule has 0 amide bonds. The summed E-state index contributed by atoms with van der Waals surface area (Å²) >= 11 is 7.63. The molecular weight excluding hydrogens is 188 g/mol. The molecule has 0 aromatic heterocycles. The van der Waals surface area contributed by atoms with E-state index in [1.165, 1.54) is 4.90 Å². The fourth-order valence-corrected chi connectivity index (χ4v) is 1.79. The number of halogens is 1. The van der Waals surface area contributed by atoms with Crippen LogP contribution in [0.25, 0.3) is 0 Å². The Hall–Kier alpha value is -0.400. The molecule has 12 heavy (non-hydrogen) atoms. The third kappa shape index (κ3) is 3.33. The molecule has 1 aromatic rings. The summed E-state index contributed by atoms with van der Waals surface area (Å²) in [7, 11) is 0. The first-order valence-electron chi connectivity index (χ1n) is 3.77. The molecule has 1 unspecified atom stereocenters. The molecule has 2 heteroatoms. The van der Waals surface area contributed by atoms with Crippen LogP contribution < -0.4 is 0 Å². The van der Waals surface area contributed by atoms with Gasteiger partial charge in [0.25, 0.3) is 0 Å². The molecule has 0 nitrogen and oxygen atoms in total. The van der Waals surface area contributed by atoms with Crippen molar-refractivity contribution in [2.75, 3.05) is 5.75 Å². The number of hydrogen-bond donors (Lipinski definition) is 0. The lowest BCUT2D eigenvalue weighted by molar-refractivity contribution is 1.25. The normalized spacial score (nSPS) is 12.4. The van der Waals surface area contributed by atoms with Crippen LogP contribution in [0.3, 0.4) is 0 Å². The fraction of sp³-hybridized carbons (Fsp3) is 0.200. The maximum atomic E-state index is 5.88. The minimum atomic E-state index is 0.0650. The second-order valence-electron chi connectivity index (χ2n) is 2.38. The summed E-state index contributed by atoms with van der Waals surface area (Å²) in [6.45, 7) is 3.63. The minimum Gasteiger partial charge on any atom is -0.124 e. The van der Waals surface area contributed by atoms with Gasteiger partial charge in [-0.15, -0.1) is 29.9 Å². The smallest absolute Gasteiger partial charge is 0.0607 e. The van der Waals surface area contributed by atoms with Crippen molar-refractivity contribution in [1.29, 1.82) is 0 Å². The van der Waals surface area contributed by atoms with E-state index < -0.39 is 0 Å². The molecule has 0 N–H and O–H groups in total. The molecule has 0 saturated carbocycles. The largest absolute Gasteiger partial charge is 0.124 e. The first-order valence-corrected chi connectivity index (χ1v) is 5.19. The monoisotopic (exact) mass is 198 g/mol. The van der Waals surface area contributed by atoms with Crippen molar-refractivity contribution in [3.05, 3.63) is 43.0 Å². The molecule has 1 rings (SSSR count). The highest BCUT2D eigenvalue weighted by molar-refractivity contribution is 7.99. The lowest BCUT2D eigenvalue weighted by Gasteiger charge is -2.02. The zero-order chi connectivity index (χ0) is 8.81. The van der Waals surface area contributed by atoms with Crippen LogP contribution in [0.15, 0.2) is 47.9 Å². The van der Waals surface area contributed by atoms with Crippen molar-refractivity contribution >= 4 is 23.4 Å². The van der Waals surface area contributed by atoms with E-state index in [0.717, 1.165) is 5.75 Å². The van der Waals surface area contributed by atoms with Crippen LogP contribution >= 0.6 is 23.4 Å². The van der Waals surface area contributed by atoms with Crippen molar-refractivity contribution in [3.63, 3.8) is 0 Å². The molecule has 0 spiro atoms. The van der Waals surface area contributed by atoms with Gasteiger partial charge in [0.2, 0.25) is 0 Å². The zero-order valence-corrected chi connectivity index (χ0v) is 8.31. The van der Waals surface area contributed by atoms with E-state index in [1.807, 2.05) is 18.2 Å². The van der Waals surface area contributed by atoms with Crippen LogP contribution in [-0.2, 0) is 0 Å². The van der Waals surface area contributed by atoms with E-state index in [9.17, 15) is 0 Å². The summed E-state index contributed by atoms with van der Waals surface area (Å²) < 4.78 is 0. The Kier molecular flexibility index (Phi) is 4.26. The molecule has 1 atom stereocenters. The van der Waals surface area contributed by atoms with Gasteiger partial charge in [0.05, 0.1) is 5.38 Å². The van der Waals surface area contributed by atoms with Crippen molar-refractivity contribution in [1.82, 2.24) is 0 Å². The molecule has 0 radical (unpaired) electrons. The average Bonchev–Trinajstić information content (AvgIpc) is 2.16. The van der Waals surface area contributed by atoms with Gasteiger partial charge in [-0.1, -0.05) is 24.3 Å². The van der Waals surface area contributed by atoms with Gasteiger partial charge in [-0.05, 0) is 12.1 Å². The number of thioether (sulfide) groups is 1. The molecule has 1 aromatic carbocycles. The predicted molar refractivity (Wildman–Crippen MR) is 57.0 cm³/mol. The van der Waals surface area contributed by atoms with Gasteiger partial charge in [0, 0.05) is 10.6 Å². The highest BCUT2D eigenvalue weighted by Gasteiger charge is 1.98. The van der Waals surface area contributed by atoms with E-state index in [2.05, 4.69) is 18.7 Å². The maximum absolute atomic E-state index is 5.88. The number of rotatable bonds is 4. The standard InChI is InChI=1S/C10H11ClS/c1-2-9(11)8-12-10-6-4-3-5-7-10/h2-7,9H,1,8H2.